The molecule has 3 nitrogen and oxygen atoms in total. The summed E-state index contributed by atoms with van der Waals surface area (Å²) in [6.45, 7) is 14.6. The van der Waals surface area contributed by atoms with Crippen LogP contribution < -0.4 is 0 Å². The second-order valence-corrected chi connectivity index (χ2v) is 11.0. The number of nitrogens with zero attached hydrogens (tertiary/aromatic N) is 1. The zero-order chi connectivity index (χ0) is 14.1. The molecule has 0 aromatic carbocycles. The summed E-state index contributed by atoms with van der Waals surface area (Å²) in [5.41, 5.74) is 1.06. The minimum absolute atomic E-state index is 0.0821. The Bertz CT molecular complexity index is 444. The van der Waals surface area contributed by atoms with E-state index in [1.165, 1.54) is 0 Å². The van der Waals surface area contributed by atoms with Gasteiger partial charge in [-0.15, -0.1) is 0 Å². The van der Waals surface area contributed by atoms with Crippen LogP contribution in [-0.4, -0.2) is 8.32 Å². The Morgan fingerprint density at radius 3 is 2.22 bits per heavy atom. The highest BCUT2D eigenvalue weighted by molar-refractivity contribution is 6.74. The molecule has 0 aliphatic carbocycles. The number of aryl methyl sites for hydroxylation is 2. The first-order chi connectivity index (χ1) is 8.08. The van der Waals surface area contributed by atoms with Gasteiger partial charge in [-0.1, -0.05) is 20.8 Å². The Morgan fingerprint density at radius 2 is 1.89 bits per heavy atom. The van der Waals surface area contributed by atoms with E-state index in [1.807, 2.05) is 19.9 Å². The molecule has 1 heterocycles. The maximum absolute atomic E-state index is 9.30. The first-order valence-electron chi connectivity index (χ1n) is 6.23. The van der Waals surface area contributed by atoms with Gasteiger partial charge in [0.2, 0.25) is 0 Å². The van der Waals surface area contributed by atoms with Crippen LogP contribution in [0.3, 0.4) is 0 Å². The van der Waals surface area contributed by atoms with Crippen LogP contribution in [0.4, 0.5) is 0 Å². The van der Waals surface area contributed by atoms with Crippen molar-refractivity contribution in [1.29, 1.82) is 5.26 Å². The lowest BCUT2D eigenvalue weighted by Crippen LogP contribution is -2.41. The lowest BCUT2D eigenvalue weighted by molar-refractivity contribution is 0.205. The molecule has 0 saturated heterocycles. The summed E-state index contributed by atoms with van der Waals surface area (Å²) in [5, 5.41) is 9.38. The molecule has 0 unspecified atom stereocenters. The smallest absolute Gasteiger partial charge is 0.194 e. The van der Waals surface area contributed by atoms with Crippen molar-refractivity contribution in [2.24, 2.45) is 0 Å². The molecule has 0 fully saturated rings. The average molecular weight is 265 g/mol. The first kappa shape index (κ1) is 15.0. The molecule has 1 atom stereocenters. The van der Waals surface area contributed by atoms with Crippen molar-refractivity contribution in [2.45, 2.75) is 58.9 Å². The van der Waals surface area contributed by atoms with Gasteiger partial charge in [-0.05, 0) is 43.6 Å². The highest BCUT2D eigenvalue weighted by atomic mass is 28.4. The Hall–Kier alpha value is -1.05. The van der Waals surface area contributed by atoms with Gasteiger partial charge in [0.25, 0.3) is 0 Å². The van der Waals surface area contributed by atoms with Gasteiger partial charge in [-0.3, -0.25) is 0 Å². The molecule has 0 aliphatic rings. The topological polar surface area (TPSA) is 46.2 Å². The Balaban J connectivity index is 2.97. The van der Waals surface area contributed by atoms with Crippen LogP contribution >= 0.6 is 0 Å². The van der Waals surface area contributed by atoms with Crippen LogP contribution in [-0.2, 0) is 4.43 Å². The van der Waals surface area contributed by atoms with E-state index in [9.17, 15) is 5.26 Å². The van der Waals surface area contributed by atoms with E-state index < -0.39 is 14.4 Å². The van der Waals surface area contributed by atoms with Gasteiger partial charge < -0.3 is 8.84 Å². The quantitative estimate of drug-likeness (QED) is 0.757. The van der Waals surface area contributed by atoms with Crippen LogP contribution in [0.2, 0.25) is 18.1 Å². The molecule has 18 heavy (non-hydrogen) atoms. The predicted octanol–water partition coefficient (Wildman–Crippen LogP) is 4.48. The standard InChI is InChI=1S/C14H23NO2Si/c1-10-8-12(16-11(10)2)13(9-15)17-18(6,7)14(3,4)5/h8,13H,1-7H3/t13-/m0/s1. The number of hydrogen-bond acceptors (Lipinski definition) is 3. The van der Waals surface area contributed by atoms with E-state index in [4.69, 9.17) is 8.84 Å². The zero-order valence-electron chi connectivity index (χ0n) is 12.4. The summed E-state index contributed by atoms with van der Waals surface area (Å²) in [6.07, 6.45) is -0.599. The Kier molecular flexibility index (Phi) is 4.09. The Morgan fingerprint density at radius 1 is 1.33 bits per heavy atom. The summed E-state index contributed by atoms with van der Waals surface area (Å²) < 4.78 is 11.7. The van der Waals surface area contributed by atoms with Crippen molar-refractivity contribution in [1.82, 2.24) is 0 Å². The molecule has 0 spiro atoms. The molecule has 100 valence electrons. The largest absolute Gasteiger partial charge is 0.462 e. The molecule has 0 amide bonds. The van der Waals surface area contributed by atoms with Crippen LogP contribution in [0.1, 0.15) is 44.0 Å². The third kappa shape index (κ3) is 3.04. The third-order valence-electron chi connectivity index (χ3n) is 3.78. The maximum atomic E-state index is 9.30. The molecule has 0 N–H and O–H groups in total. The van der Waals surface area contributed by atoms with Crippen molar-refractivity contribution >= 4 is 8.32 Å². The van der Waals surface area contributed by atoms with Crippen molar-refractivity contribution in [3.8, 4) is 6.07 Å². The fourth-order valence-corrected chi connectivity index (χ4v) is 2.46. The number of rotatable bonds is 3. The van der Waals surface area contributed by atoms with Crippen molar-refractivity contribution < 1.29 is 8.84 Å². The van der Waals surface area contributed by atoms with Gasteiger partial charge in [0.1, 0.15) is 17.6 Å². The van der Waals surface area contributed by atoms with Gasteiger partial charge in [-0.2, -0.15) is 5.26 Å². The molecule has 0 bridgehead atoms. The second kappa shape index (κ2) is 4.91. The van der Waals surface area contributed by atoms with Gasteiger partial charge in [0.05, 0.1) is 0 Å². The van der Waals surface area contributed by atoms with Crippen molar-refractivity contribution in [3.05, 3.63) is 23.2 Å². The lowest BCUT2D eigenvalue weighted by Gasteiger charge is -2.37. The fraction of sp³-hybridized carbons (Fsp3) is 0.643. The van der Waals surface area contributed by atoms with E-state index in [0.717, 1.165) is 11.3 Å². The molecule has 4 heteroatoms. The number of furan rings is 1. The normalized spacial score (nSPS) is 14.3. The minimum Gasteiger partial charge on any atom is -0.462 e. The van der Waals surface area contributed by atoms with Gasteiger partial charge >= 0.3 is 0 Å². The molecule has 1 rings (SSSR count). The number of hydrogen-bond donors (Lipinski definition) is 0. The van der Waals surface area contributed by atoms with Gasteiger partial charge in [0.15, 0.2) is 14.4 Å². The summed E-state index contributed by atoms with van der Waals surface area (Å²) in [5.74, 6) is 1.47. The molecule has 0 saturated carbocycles. The summed E-state index contributed by atoms with van der Waals surface area (Å²) in [4.78, 5) is 0. The number of nitriles is 1. The monoisotopic (exact) mass is 265 g/mol. The molecular formula is C14H23NO2Si. The van der Waals surface area contributed by atoms with Crippen LogP contribution in [0.5, 0.6) is 0 Å². The predicted molar refractivity (Wildman–Crippen MR) is 74.8 cm³/mol. The highest BCUT2D eigenvalue weighted by Crippen LogP contribution is 2.39. The summed E-state index contributed by atoms with van der Waals surface area (Å²) in [7, 11) is -1.96. The summed E-state index contributed by atoms with van der Waals surface area (Å²) in [6, 6.07) is 4.11. The van der Waals surface area contributed by atoms with Crippen molar-refractivity contribution in [2.75, 3.05) is 0 Å². The first-order valence-corrected chi connectivity index (χ1v) is 9.13. The zero-order valence-corrected chi connectivity index (χ0v) is 13.4. The average Bonchev–Trinajstić information content (AvgIpc) is 2.54. The highest BCUT2D eigenvalue weighted by Gasteiger charge is 2.40. The molecule has 0 radical (unpaired) electrons. The Labute approximate surface area is 111 Å². The lowest BCUT2D eigenvalue weighted by atomic mass is 10.2. The van der Waals surface area contributed by atoms with E-state index in [0.29, 0.717) is 5.76 Å². The van der Waals surface area contributed by atoms with E-state index in [2.05, 4.69) is 39.9 Å². The molecular weight excluding hydrogens is 242 g/mol. The van der Waals surface area contributed by atoms with Crippen molar-refractivity contribution in [3.63, 3.8) is 0 Å². The minimum atomic E-state index is -1.96. The third-order valence-corrected chi connectivity index (χ3v) is 8.22. The molecule has 1 aromatic heterocycles. The maximum Gasteiger partial charge on any atom is 0.194 e. The van der Waals surface area contributed by atoms with Gasteiger partial charge in [-0.25, -0.2) is 0 Å². The summed E-state index contributed by atoms with van der Waals surface area (Å²) >= 11 is 0. The van der Waals surface area contributed by atoms with Crippen LogP contribution in [0.25, 0.3) is 0 Å². The SMILES string of the molecule is Cc1cc([C@H](C#N)O[Si](C)(C)C(C)(C)C)oc1C. The van der Waals surface area contributed by atoms with E-state index in [-0.39, 0.29) is 5.04 Å². The van der Waals surface area contributed by atoms with E-state index in [1.54, 1.807) is 0 Å². The fourth-order valence-electron chi connectivity index (χ4n) is 1.35. The molecule has 1 aromatic rings. The van der Waals surface area contributed by atoms with E-state index >= 15 is 0 Å². The molecule has 0 aliphatic heterocycles. The van der Waals surface area contributed by atoms with Crippen LogP contribution in [0.15, 0.2) is 10.5 Å². The van der Waals surface area contributed by atoms with Crippen LogP contribution in [0, 0.1) is 25.2 Å². The second-order valence-electron chi connectivity index (χ2n) is 6.28. The van der Waals surface area contributed by atoms with Gasteiger partial charge in [0, 0.05) is 0 Å².